The van der Waals surface area contributed by atoms with Crippen LogP contribution in [-0.4, -0.2) is 59.8 Å². The third-order valence-electron chi connectivity index (χ3n) is 6.62. The van der Waals surface area contributed by atoms with Gasteiger partial charge in [-0.3, -0.25) is 19.7 Å². The summed E-state index contributed by atoms with van der Waals surface area (Å²) >= 11 is 0. The van der Waals surface area contributed by atoms with Crippen LogP contribution in [0.4, 0.5) is 5.69 Å². The Morgan fingerprint density at radius 3 is 2.51 bits per heavy atom. The first-order valence-electron chi connectivity index (χ1n) is 11.5. The number of nitro groups is 1. The van der Waals surface area contributed by atoms with Crippen molar-refractivity contribution in [3.05, 3.63) is 93.5 Å². The molecule has 0 aromatic heterocycles. The normalized spacial score (nSPS) is 18.7. The molecule has 0 bridgehead atoms. The summed E-state index contributed by atoms with van der Waals surface area (Å²) in [5, 5.41) is 21.5. The molecule has 2 atom stereocenters. The smallest absolute Gasteiger partial charge is 0.325 e. The standard InChI is InChI=1S/C26H22N2O8S/c29-19-13-23(27(14-19)37(34,35)25-8-4-3-7-22(25)28(32)33)26(31)36-15-24(30)18-10-9-17-11-16-5-1-2-6-20(16)21(17)12-18/h1-10,12,19,23,29H,11,13-15H2/t19?,23-/m0/s1. The van der Waals surface area contributed by atoms with Crippen LogP contribution in [0, 0.1) is 10.1 Å². The number of esters is 1. The summed E-state index contributed by atoms with van der Waals surface area (Å²) < 4.78 is 32.3. The first-order valence-corrected chi connectivity index (χ1v) is 12.9. The lowest BCUT2D eigenvalue weighted by Crippen LogP contribution is -2.42. The number of ether oxygens (including phenoxy) is 1. The predicted molar refractivity (Wildman–Crippen MR) is 131 cm³/mol. The van der Waals surface area contributed by atoms with Crippen LogP contribution in [0.1, 0.15) is 27.9 Å². The number of carbonyl (C=O) groups excluding carboxylic acids is 2. The minimum Gasteiger partial charge on any atom is -0.456 e. The fraction of sp³-hybridized carbons (Fsp3) is 0.231. The largest absolute Gasteiger partial charge is 0.456 e. The second-order valence-corrected chi connectivity index (χ2v) is 10.8. The highest BCUT2D eigenvalue weighted by molar-refractivity contribution is 7.89. The SMILES string of the molecule is O=C(COC(=O)[C@@H]1CC(O)CN1S(=O)(=O)c1ccccc1[N+](=O)[O-])c1ccc2c(c1)-c1ccccc1C2. The third-order valence-corrected chi connectivity index (χ3v) is 8.54. The first-order chi connectivity index (χ1) is 17.7. The maximum Gasteiger partial charge on any atom is 0.325 e. The van der Waals surface area contributed by atoms with Crippen molar-refractivity contribution in [1.82, 2.24) is 4.31 Å². The van der Waals surface area contributed by atoms with Crippen molar-refractivity contribution in [2.45, 2.75) is 29.9 Å². The van der Waals surface area contributed by atoms with Crippen LogP contribution in [-0.2, 0) is 26.0 Å². The molecule has 1 unspecified atom stereocenters. The number of benzene rings is 3. The summed E-state index contributed by atoms with van der Waals surface area (Å²) in [6.07, 6.45) is -0.673. The Hall–Kier alpha value is -3.93. The Morgan fingerprint density at radius 1 is 1.03 bits per heavy atom. The number of hydrogen-bond donors (Lipinski definition) is 1. The highest BCUT2D eigenvalue weighted by Crippen LogP contribution is 2.37. The van der Waals surface area contributed by atoms with Crippen LogP contribution >= 0.6 is 0 Å². The van der Waals surface area contributed by atoms with Gasteiger partial charge < -0.3 is 9.84 Å². The molecule has 1 aliphatic carbocycles. The lowest BCUT2D eigenvalue weighted by molar-refractivity contribution is -0.387. The van der Waals surface area contributed by atoms with E-state index in [1.165, 1.54) is 12.1 Å². The Bertz CT molecular complexity index is 1540. The van der Waals surface area contributed by atoms with E-state index in [0.717, 1.165) is 40.8 Å². The topological polar surface area (TPSA) is 144 Å². The van der Waals surface area contributed by atoms with Gasteiger partial charge in [-0.25, -0.2) is 8.42 Å². The summed E-state index contributed by atoms with van der Waals surface area (Å²) in [6, 6.07) is 16.5. The molecule has 190 valence electrons. The second-order valence-electron chi connectivity index (χ2n) is 8.94. The average molecular weight is 523 g/mol. The third kappa shape index (κ3) is 4.52. The molecule has 1 fully saturated rings. The monoisotopic (exact) mass is 522 g/mol. The van der Waals surface area contributed by atoms with Crippen LogP contribution < -0.4 is 0 Å². The van der Waals surface area contributed by atoms with Gasteiger partial charge in [-0.1, -0.05) is 48.5 Å². The van der Waals surface area contributed by atoms with Gasteiger partial charge in [0.15, 0.2) is 17.3 Å². The maximum atomic E-state index is 13.2. The van der Waals surface area contributed by atoms with E-state index in [0.29, 0.717) is 9.87 Å². The summed E-state index contributed by atoms with van der Waals surface area (Å²) in [5.41, 5.74) is 3.93. The predicted octanol–water partition coefficient (Wildman–Crippen LogP) is 2.72. The quantitative estimate of drug-likeness (QED) is 0.169. The van der Waals surface area contributed by atoms with Crippen LogP contribution in [0.2, 0.25) is 0 Å². The Morgan fingerprint density at radius 2 is 1.73 bits per heavy atom. The maximum absolute atomic E-state index is 13.2. The van der Waals surface area contributed by atoms with E-state index >= 15 is 0 Å². The molecular weight excluding hydrogens is 500 g/mol. The zero-order valence-corrected chi connectivity index (χ0v) is 20.3. The van der Waals surface area contributed by atoms with Gasteiger partial charge in [0.2, 0.25) is 0 Å². The molecule has 0 spiro atoms. The minimum atomic E-state index is -4.52. The van der Waals surface area contributed by atoms with E-state index in [4.69, 9.17) is 4.74 Å². The minimum absolute atomic E-state index is 0.261. The number of fused-ring (bicyclic) bond motifs is 3. The molecule has 10 nitrogen and oxygen atoms in total. The van der Waals surface area contributed by atoms with E-state index in [9.17, 15) is 33.2 Å². The van der Waals surface area contributed by atoms with Crippen molar-refractivity contribution in [2.75, 3.05) is 13.2 Å². The zero-order valence-electron chi connectivity index (χ0n) is 19.4. The molecule has 5 rings (SSSR count). The molecule has 37 heavy (non-hydrogen) atoms. The first kappa shape index (κ1) is 24.8. The van der Waals surface area contributed by atoms with Gasteiger partial charge in [0.25, 0.3) is 15.7 Å². The van der Waals surface area contributed by atoms with Crippen LogP contribution in [0.3, 0.4) is 0 Å². The van der Waals surface area contributed by atoms with Gasteiger partial charge in [0.1, 0.15) is 6.04 Å². The Labute approximate surface area is 212 Å². The van der Waals surface area contributed by atoms with Crippen molar-refractivity contribution in [3.63, 3.8) is 0 Å². The highest BCUT2D eigenvalue weighted by Gasteiger charge is 2.46. The molecule has 0 amide bonds. The van der Waals surface area contributed by atoms with E-state index < -0.39 is 62.6 Å². The number of ketones is 1. The summed E-state index contributed by atoms with van der Waals surface area (Å²) in [6.45, 7) is -1.06. The molecule has 0 radical (unpaired) electrons. The summed E-state index contributed by atoms with van der Waals surface area (Å²) in [5.74, 6) is -1.48. The number of aliphatic hydroxyl groups excluding tert-OH is 1. The zero-order chi connectivity index (χ0) is 26.3. The van der Waals surface area contributed by atoms with Gasteiger partial charge in [0.05, 0.1) is 11.0 Å². The lowest BCUT2D eigenvalue weighted by Gasteiger charge is -2.22. The Balaban J connectivity index is 1.32. The molecule has 3 aromatic rings. The van der Waals surface area contributed by atoms with Crippen molar-refractivity contribution >= 4 is 27.5 Å². The number of aliphatic hydroxyl groups is 1. The van der Waals surface area contributed by atoms with Gasteiger partial charge in [0, 0.05) is 24.6 Å². The van der Waals surface area contributed by atoms with Crippen LogP contribution in [0.15, 0.2) is 71.6 Å². The average Bonchev–Trinajstić information content (AvgIpc) is 3.47. The molecule has 3 aromatic carbocycles. The van der Waals surface area contributed by atoms with E-state index in [1.807, 2.05) is 30.3 Å². The van der Waals surface area contributed by atoms with Crippen molar-refractivity contribution in [1.29, 1.82) is 0 Å². The van der Waals surface area contributed by atoms with E-state index in [-0.39, 0.29) is 6.42 Å². The number of Topliss-reactive ketones (excluding diaryl/α,β-unsaturated/α-hetero) is 1. The van der Waals surface area contributed by atoms with E-state index in [1.54, 1.807) is 12.1 Å². The number of para-hydroxylation sites is 1. The van der Waals surface area contributed by atoms with E-state index in [2.05, 4.69) is 0 Å². The Kier molecular flexibility index (Phi) is 6.36. The van der Waals surface area contributed by atoms with Gasteiger partial charge >= 0.3 is 5.97 Å². The summed E-state index contributed by atoms with van der Waals surface area (Å²) in [4.78, 5) is 35.6. The number of hydrogen-bond acceptors (Lipinski definition) is 8. The van der Waals surface area contributed by atoms with Crippen LogP contribution in [0.5, 0.6) is 0 Å². The van der Waals surface area contributed by atoms with Gasteiger partial charge in [-0.2, -0.15) is 4.31 Å². The fourth-order valence-corrected chi connectivity index (χ4v) is 6.62. The molecular formula is C26H22N2O8S. The molecule has 11 heteroatoms. The lowest BCUT2D eigenvalue weighted by atomic mass is 10.0. The van der Waals surface area contributed by atoms with Crippen molar-refractivity contribution in [3.8, 4) is 11.1 Å². The molecule has 1 aliphatic heterocycles. The number of β-amino-alcohol motifs (C(OH)–C–C–N with tert-alkyl or cyclic N) is 1. The molecule has 1 heterocycles. The number of rotatable bonds is 7. The summed E-state index contributed by atoms with van der Waals surface area (Å²) in [7, 11) is -4.52. The van der Waals surface area contributed by atoms with Gasteiger partial charge in [-0.15, -0.1) is 0 Å². The molecule has 1 saturated heterocycles. The van der Waals surface area contributed by atoms with Crippen LogP contribution in [0.25, 0.3) is 11.1 Å². The van der Waals surface area contributed by atoms with Crippen molar-refractivity contribution in [2.24, 2.45) is 0 Å². The second kappa shape index (κ2) is 9.51. The number of sulfonamides is 1. The highest BCUT2D eigenvalue weighted by atomic mass is 32.2. The fourth-order valence-electron chi connectivity index (χ4n) is 4.83. The van der Waals surface area contributed by atoms with Crippen molar-refractivity contribution < 1.29 is 32.8 Å². The van der Waals surface area contributed by atoms with Gasteiger partial charge in [-0.05, 0) is 40.8 Å². The number of nitrogens with zero attached hydrogens (tertiary/aromatic N) is 2. The number of nitro benzene ring substituents is 1. The molecule has 2 aliphatic rings. The number of carbonyl (C=O) groups is 2. The molecule has 1 N–H and O–H groups in total. The molecule has 0 saturated carbocycles.